The zero-order chi connectivity index (χ0) is 17.1. The summed E-state index contributed by atoms with van der Waals surface area (Å²) in [6.07, 6.45) is 3.22. The number of ether oxygens (including phenoxy) is 1. The number of piperidine rings is 1. The number of carbonyl (C=O) groups excluding carboxylic acids is 2. The molecule has 0 bridgehead atoms. The average molecular weight is 334 g/mol. The zero-order valence-electron chi connectivity index (χ0n) is 13.8. The average Bonchev–Trinajstić information content (AvgIpc) is 2.53. The van der Waals surface area contributed by atoms with Gasteiger partial charge in [-0.15, -0.1) is 0 Å². The number of benzene rings is 1. The summed E-state index contributed by atoms with van der Waals surface area (Å²) in [6.45, 7) is 1.91. The van der Waals surface area contributed by atoms with Crippen molar-refractivity contribution >= 4 is 11.8 Å². The van der Waals surface area contributed by atoms with Crippen LogP contribution < -0.4 is 15.4 Å². The standard InChI is InChI=1S/C18H23FN2O3/c1-11-8-17(22)21-15-9-12(6-7-13(11)15)20-18(23)10-24-16-5-3-2-4-14(16)19/h2-5,11-13,15H,6-10H2,1H3,(H,20,23)(H,21,22). The van der Waals surface area contributed by atoms with Crippen LogP contribution >= 0.6 is 0 Å². The van der Waals surface area contributed by atoms with E-state index in [0.717, 1.165) is 19.3 Å². The highest BCUT2D eigenvalue weighted by Gasteiger charge is 2.39. The van der Waals surface area contributed by atoms with Crippen LogP contribution in [0.5, 0.6) is 5.75 Å². The second kappa shape index (κ2) is 7.20. The number of para-hydroxylation sites is 1. The molecule has 1 saturated carbocycles. The highest BCUT2D eigenvalue weighted by atomic mass is 19.1. The molecule has 0 radical (unpaired) electrons. The van der Waals surface area contributed by atoms with Crippen LogP contribution in [0.2, 0.25) is 0 Å². The van der Waals surface area contributed by atoms with Crippen LogP contribution in [0.15, 0.2) is 24.3 Å². The molecule has 0 aromatic heterocycles. The van der Waals surface area contributed by atoms with Crippen LogP contribution in [0.25, 0.3) is 0 Å². The number of rotatable bonds is 4. The van der Waals surface area contributed by atoms with E-state index in [0.29, 0.717) is 18.3 Å². The molecule has 1 heterocycles. The fourth-order valence-corrected chi connectivity index (χ4v) is 3.86. The van der Waals surface area contributed by atoms with Crippen LogP contribution in [0.3, 0.4) is 0 Å². The molecular formula is C18H23FN2O3. The molecular weight excluding hydrogens is 311 g/mol. The molecule has 4 atom stereocenters. The molecule has 5 nitrogen and oxygen atoms in total. The number of amides is 2. The van der Waals surface area contributed by atoms with Crippen molar-refractivity contribution in [2.45, 2.75) is 44.7 Å². The molecule has 0 spiro atoms. The van der Waals surface area contributed by atoms with Gasteiger partial charge in [-0.1, -0.05) is 19.1 Å². The molecule has 1 aromatic rings. The van der Waals surface area contributed by atoms with Crippen molar-refractivity contribution < 1.29 is 18.7 Å². The van der Waals surface area contributed by atoms with Gasteiger partial charge in [0.2, 0.25) is 5.91 Å². The topological polar surface area (TPSA) is 67.4 Å². The molecule has 130 valence electrons. The van der Waals surface area contributed by atoms with E-state index in [4.69, 9.17) is 4.74 Å². The van der Waals surface area contributed by atoms with Crippen LogP contribution in [0.1, 0.15) is 32.6 Å². The van der Waals surface area contributed by atoms with E-state index in [1.807, 2.05) is 0 Å². The molecule has 24 heavy (non-hydrogen) atoms. The third-order valence-corrected chi connectivity index (χ3v) is 5.05. The second-order valence-corrected chi connectivity index (χ2v) is 6.82. The molecule has 2 fully saturated rings. The van der Waals surface area contributed by atoms with Crippen LogP contribution in [-0.4, -0.2) is 30.5 Å². The molecule has 2 N–H and O–H groups in total. The molecule has 1 saturated heterocycles. The minimum absolute atomic E-state index is 0.0218. The van der Waals surface area contributed by atoms with Gasteiger partial charge < -0.3 is 15.4 Å². The van der Waals surface area contributed by atoms with Crippen LogP contribution in [0, 0.1) is 17.7 Å². The zero-order valence-corrected chi connectivity index (χ0v) is 13.8. The summed E-state index contributed by atoms with van der Waals surface area (Å²) in [5, 5.41) is 5.98. The lowest BCUT2D eigenvalue weighted by Gasteiger charge is -2.43. The number of halogens is 1. The Hall–Kier alpha value is -2.11. The lowest BCUT2D eigenvalue weighted by atomic mass is 9.72. The molecule has 1 aromatic carbocycles. The van der Waals surface area contributed by atoms with Gasteiger partial charge in [-0.3, -0.25) is 9.59 Å². The van der Waals surface area contributed by atoms with E-state index >= 15 is 0 Å². The van der Waals surface area contributed by atoms with Crippen molar-refractivity contribution in [2.24, 2.45) is 11.8 Å². The summed E-state index contributed by atoms with van der Waals surface area (Å²) in [7, 11) is 0. The summed E-state index contributed by atoms with van der Waals surface area (Å²) in [5.74, 6) is 0.306. The minimum atomic E-state index is -0.482. The van der Waals surface area contributed by atoms with Gasteiger partial charge in [0.1, 0.15) is 0 Å². The van der Waals surface area contributed by atoms with Gasteiger partial charge in [0, 0.05) is 18.5 Å². The van der Waals surface area contributed by atoms with E-state index in [1.54, 1.807) is 12.1 Å². The Labute approximate surface area is 141 Å². The molecule has 6 heteroatoms. The van der Waals surface area contributed by atoms with Crippen molar-refractivity contribution in [1.82, 2.24) is 10.6 Å². The van der Waals surface area contributed by atoms with Gasteiger partial charge >= 0.3 is 0 Å². The Morgan fingerprint density at radius 1 is 1.38 bits per heavy atom. The van der Waals surface area contributed by atoms with E-state index in [1.165, 1.54) is 12.1 Å². The maximum absolute atomic E-state index is 13.5. The van der Waals surface area contributed by atoms with E-state index in [-0.39, 0.29) is 36.3 Å². The van der Waals surface area contributed by atoms with E-state index in [2.05, 4.69) is 17.6 Å². The normalized spacial score (nSPS) is 29.3. The first-order chi connectivity index (χ1) is 11.5. The van der Waals surface area contributed by atoms with Crippen molar-refractivity contribution in [3.8, 4) is 5.75 Å². The first-order valence-electron chi connectivity index (χ1n) is 8.49. The number of fused-ring (bicyclic) bond motifs is 1. The maximum atomic E-state index is 13.5. The third-order valence-electron chi connectivity index (χ3n) is 5.05. The molecule has 4 unspecified atom stereocenters. The first-order valence-corrected chi connectivity index (χ1v) is 8.49. The molecule has 2 aliphatic rings. The Morgan fingerprint density at radius 2 is 2.17 bits per heavy atom. The van der Waals surface area contributed by atoms with Crippen molar-refractivity contribution in [3.63, 3.8) is 0 Å². The van der Waals surface area contributed by atoms with Crippen LogP contribution in [0.4, 0.5) is 4.39 Å². The Bertz CT molecular complexity index is 622. The summed E-state index contributed by atoms with van der Waals surface area (Å²) in [6, 6.07) is 6.17. The lowest BCUT2D eigenvalue weighted by Crippen LogP contribution is -2.55. The van der Waals surface area contributed by atoms with Gasteiger partial charge in [0.05, 0.1) is 0 Å². The quantitative estimate of drug-likeness (QED) is 0.885. The number of hydrogen-bond acceptors (Lipinski definition) is 3. The number of hydrogen-bond donors (Lipinski definition) is 2. The van der Waals surface area contributed by atoms with Gasteiger partial charge in [-0.25, -0.2) is 4.39 Å². The maximum Gasteiger partial charge on any atom is 0.258 e. The fraction of sp³-hybridized carbons (Fsp3) is 0.556. The van der Waals surface area contributed by atoms with E-state index in [9.17, 15) is 14.0 Å². The Morgan fingerprint density at radius 3 is 2.96 bits per heavy atom. The summed E-state index contributed by atoms with van der Waals surface area (Å²) >= 11 is 0. The molecule has 2 amide bonds. The second-order valence-electron chi connectivity index (χ2n) is 6.82. The monoisotopic (exact) mass is 334 g/mol. The largest absolute Gasteiger partial charge is 0.481 e. The van der Waals surface area contributed by atoms with Gasteiger partial charge in [-0.2, -0.15) is 0 Å². The van der Waals surface area contributed by atoms with Crippen molar-refractivity contribution in [1.29, 1.82) is 0 Å². The first kappa shape index (κ1) is 16.7. The van der Waals surface area contributed by atoms with Gasteiger partial charge in [0.25, 0.3) is 5.91 Å². The summed E-state index contributed by atoms with van der Waals surface area (Å²) in [5.41, 5.74) is 0. The minimum Gasteiger partial charge on any atom is -0.481 e. The van der Waals surface area contributed by atoms with Crippen LogP contribution in [-0.2, 0) is 9.59 Å². The smallest absolute Gasteiger partial charge is 0.258 e. The summed E-state index contributed by atoms with van der Waals surface area (Å²) in [4.78, 5) is 23.7. The summed E-state index contributed by atoms with van der Waals surface area (Å²) < 4.78 is 18.7. The van der Waals surface area contributed by atoms with Crippen molar-refractivity contribution in [2.75, 3.05) is 6.61 Å². The predicted molar refractivity (Wildman–Crippen MR) is 86.9 cm³/mol. The molecule has 1 aliphatic carbocycles. The number of carbonyl (C=O) groups is 2. The van der Waals surface area contributed by atoms with E-state index < -0.39 is 5.82 Å². The number of nitrogens with one attached hydrogen (secondary N) is 2. The Kier molecular flexibility index (Phi) is 5.02. The lowest BCUT2D eigenvalue weighted by molar-refractivity contribution is -0.127. The Balaban J connectivity index is 1.49. The predicted octanol–water partition coefficient (Wildman–Crippen LogP) is 2.01. The highest BCUT2D eigenvalue weighted by molar-refractivity contribution is 5.78. The van der Waals surface area contributed by atoms with Crippen molar-refractivity contribution in [3.05, 3.63) is 30.1 Å². The SMILES string of the molecule is CC1CC(=O)NC2CC(NC(=O)COc3ccccc3F)CCC12. The fourth-order valence-electron chi connectivity index (χ4n) is 3.86. The molecule has 1 aliphatic heterocycles. The van der Waals surface area contributed by atoms with Gasteiger partial charge in [-0.05, 0) is 43.2 Å². The highest BCUT2D eigenvalue weighted by Crippen LogP contribution is 2.35. The van der Waals surface area contributed by atoms with Gasteiger partial charge in [0.15, 0.2) is 18.2 Å². The third kappa shape index (κ3) is 3.86. The molecule has 3 rings (SSSR count).